The number of nitrogens with one attached hydrogen (secondary N) is 1. The zero-order valence-electron chi connectivity index (χ0n) is 15.3. The van der Waals surface area contributed by atoms with Crippen LogP contribution in [0, 0.1) is 0 Å². The van der Waals surface area contributed by atoms with Gasteiger partial charge in [0.15, 0.2) is 0 Å². The topological polar surface area (TPSA) is 93.8 Å². The van der Waals surface area contributed by atoms with Crippen molar-refractivity contribution >= 4 is 33.8 Å². The highest BCUT2D eigenvalue weighted by molar-refractivity contribution is 7.13. The monoisotopic (exact) mass is 436 g/mol. The Labute approximate surface area is 178 Å². The molecule has 9 heteroatoms. The van der Waals surface area contributed by atoms with Crippen LogP contribution >= 0.6 is 22.9 Å². The molecule has 5 aromatic rings. The van der Waals surface area contributed by atoms with E-state index in [4.69, 9.17) is 16.1 Å². The molecule has 0 amide bonds. The maximum atomic E-state index is 12.9. The van der Waals surface area contributed by atoms with E-state index in [9.17, 15) is 9.59 Å². The third-order valence-electron chi connectivity index (χ3n) is 4.65. The quantitative estimate of drug-likeness (QED) is 0.456. The van der Waals surface area contributed by atoms with Gasteiger partial charge in [-0.25, -0.2) is 4.79 Å². The standard InChI is InChI=1S/C21H13ClN4O3S/c22-14-6-3-12(4-7-14)11-26-20(27)15-8-5-13(10-16(15)23-21(26)28)19-24-18(25-29-19)17-2-1-9-30-17/h1-10H,11H2,(H,23,28). The van der Waals surface area contributed by atoms with Gasteiger partial charge in [-0.15, -0.1) is 11.3 Å². The van der Waals surface area contributed by atoms with Crippen LogP contribution in [0.25, 0.3) is 33.1 Å². The maximum absolute atomic E-state index is 12.9. The lowest BCUT2D eigenvalue weighted by Gasteiger charge is -2.07. The smallest absolute Gasteiger partial charge is 0.329 e. The van der Waals surface area contributed by atoms with E-state index in [0.29, 0.717) is 33.2 Å². The number of rotatable bonds is 4. The zero-order valence-corrected chi connectivity index (χ0v) is 16.9. The van der Waals surface area contributed by atoms with Gasteiger partial charge in [-0.3, -0.25) is 9.36 Å². The van der Waals surface area contributed by atoms with Crippen LogP contribution in [0.3, 0.4) is 0 Å². The van der Waals surface area contributed by atoms with Gasteiger partial charge < -0.3 is 9.51 Å². The molecule has 148 valence electrons. The Morgan fingerprint density at radius 1 is 1.10 bits per heavy atom. The van der Waals surface area contributed by atoms with Gasteiger partial charge in [0.1, 0.15) is 0 Å². The molecular weight excluding hydrogens is 424 g/mol. The maximum Gasteiger partial charge on any atom is 0.329 e. The highest BCUT2D eigenvalue weighted by Gasteiger charge is 2.14. The van der Waals surface area contributed by atoms with Crippen molar-refractivity contribution < 1.29 is 4.52 Å². The number of H-pyrrole nitrogens is 1. The van der Waals surface area contributed by atoms with Gasteiger partial charge in [-0.2, -0.15) is 4.98 Å². The number of benzene rings is 2. The molecule has 0 aliphatic heterocycles. The Balaban J connectivity index is 1.54. The van der Waals surface area contributed by atoms with E-state index in [1.54, 1.807) is 42.5 Å². The number of aromatic amines is 1. The molecular formula is C21H13ClN4O3S. The van der Waals surface area contributed by atoms with Crippen LogP contribution in [0.15, 0.2) is 74.1 Å². The van der Waals surface area contributed by atoms with Crippen molar-refractivity contribution in [3.05, 3.63) is 91.4 Å². The van der Waals surface area contributed by atoms with E-state index in [2.05, 4.69) is 15.1 Å². The summed E-state index contributed by atoms with van der Waals surface area (Å²) < 4.78 is 6.52. The minimum atomic E-state index is -0.496. The molecule has 30 heavy (non-hydrogen) atoms. The molecule has 3 heterocycles. The molecule has 2 aromatic carbocycles. The number of nitrogens with zero attached hydrogens (tertiary/aromatic N) is 3. The Kier molecular flexibility index (Phi) is 4.57. The molecule has 5 rings (SSSR count). The first-order valence-electron chi connectivity index (χ1n) is 8.98. The summed E-state index contributed by atoms with van der Waals surface area (Å²) in [5.74, 6) is 0.804. The summed E-state index contributed by atoms with van der Waals surface area (Å²) in [4.78, 5) is 33.5. The lowest BCUT2D eigenvalue weighted by molar-refractivity contribution is 0.432. The zero-order chi connectivity index (χ0) is 20.7. The lowest BCUT2D eigenvalue weighted by atomic mass is 10.1. The van der Waals surface area contributed by atoms with Gasteiger partial charge in [0.25, 0.3) is 11.4 Å². The molecule has 3 aromatic heterocycles. The van der Waals surface area contributed by atoms with Crippen LogP contribution in [0.4, 0.5) is 0 Å². The first-order chi connectivity index (χ1) is 14.6. The van der Waals surface area contributed by atoms with Crippen LogP contribution in [-0.4, -0.2) is 19.7 Å². The predicted octanol–water partition coefficient (Wildman–Crippen LogP) is 4.17. The van der Waals surface area contributed by atoms with E-state index in [-0.39, 0.29) is 12.1 Å². The molecule has 0 saturated heterocycles. The van der Waals surface area contributed by atoms with Gasteiger partial charge in [-0.05, 0) is 47.3 Å². The van der Waals surface area contributed by atoms with E-state index in [1.807, 2.05) is 17.5 Å². The fourth-order valence-corrected chi connectivity index (χ4v) is 3.93. The van der Waals surface area contributed by atoms with Crippen LogP contribution in [0.5, 0.6) is 0 Å². The molecule has 0 spiro atoms. The summed E-state index contributed by atoms with van der Waals surface area (Å²) in [7, 11) is 0. The second kappa shape index (κ2) is 7.40. The molecule has 0 saturated carbocycles. The van der Waals surface area contributed by atoms with Crippen LogP contribution in [0.2, 0.25) is 5.02 Å². The summed E-state index contributed by atoms with van der Waals surface area (Å²) in [6.45, 7) is 0.150. The molecule has 0 aliphatic carbocycles. The number of hydrogen-bond donors (Lipinski definition) is 1. The summed E-state index contributed by atoms with van der Waals surface area (Å²) in [5.41, 5.74) is 0.952. The van der Waals surface area contributed by atoms with Gasteiger partial charge in [-0.1, -0.05) is 35.0 Å². The van der Waals surface area contributed by atoms with Gasteiger partial charge in [0.05, 0.1) is 22.3 Å². The number of fused-ring (bicyclic) bond motifs is 1. The molecule has 0 aliphatic rings. The SMILES string of the molecule is O=c1[nH]c2cc(-c3nc(-c4cccs4)no3)ccc2c(=O)n1Cc1ccc(Cl)cc1. The Morgan fingerprint density at radius 3 is 2.70 bits per heavy atom. The van der Waals surface area contributed by atoms with Crippen molar-refractivity contribution in [3.8, 4) is 22.2 Å². The molecule has 7 nitrogen and oxygen atoms in total. The van der Waals surface area contributed by atoms with E-state index < -0.39 is 5.69 Å². The number of hydrogen-bond acceptors (Lipinski definition) is 6. The van der Waals surface area contributed by atoms with Crippen molar-refractivity contribution in [3.63, 3.8) is 0 Å². The average molecular weight is 437 g/mol. The second-order valence-corrected chi connectivity index (χ2v) is 7.99. The highest BCUT2D eigenvalue weighted by atomic mass is 35.5. The largest absolute Gasteiger partial charge is 0.334 e. The van der Waals surface area contributed by atoms with Crippen molar-refractivity contribution in [2.24, 2.45) is 0 Å². The van der Waals surface area contributed by atoms with Crippen molar-refractivity contribution in [1.82, 2.24) is 19.7 Å². The number of thiophene rings is 1. The minimum absolute atomic E-state index is 0.150. The van der Waals surface area contributed by atoms with Gasteiger partial charge in [0, 0.05) is 10.6 Å². The van der Waals surface area contributed by atoms with E-state index in [1.165, 1.54) is 11.3 Å². The molecule has 0 atom stereocenters. The first-order valence-corrected chi connectivity index (χ1v) is 10.2. The highest BCUT2D eigenvalue weighted by Crippen LogP contribution is 2.26. The third-order valence-corrected chi connectivity index (χ3v) is 5.77. The third kappa shape index (κ3) is 3.36. The van der Waals surface area contributed by atoms with Gasteiger partial charge in [0.2, 0.25) is 5.82 Å². The molecule has 0 unspecified atom stereocenters. The summed E-state index contributed by atoms with van der Waals surface area (Å²) >= 11 is 7.41. The Bertz CT molecular complexity index is 1470. The summed E-state index contributed by atoms with van der Waals surface area (Å²) in [5, 5.41) is 6.91. The molecule has 1 N–H and O–H groups in total. The van der Waals surface area contributed by atoms with Crippen molar-refractivity contribution in [2.45, 2.75) is 6.54 Å². The minimum Gasteiger partial charge on any atom is -0.334 e. The van der Waals surface area contributed by atoms with Crippen LogP contribution < -0.4 is 11.2 Å². The second-order valence-electron chi connectivity index (χ2n) is 6.61. The van der Waals surface area contributed by atoms with Crippen LogP contribution in [-0.2, 0) is 6.54 Å². The average Bonchev–Trinajstić information content (AvgIpc) is 3.44. The normalized spacial score (nSPS) is 11.2. The predicted molar refractivity (Wildman–Crippen MR) is 116 cm³/mol. The van der Waals surface area contributed by atoms with E-state index >= 15 is 0 Å². The first kappa shape index (κ1) is 18.5. The number of halogens is 1. The van der Waals surface area contributed by atoms with Gasteiger partial charge >= 0.3 is 5.69 Å². The van der Waals surface area contributed by atoms with E-state index in [0.717, 1.165) is 15.0 Å². The van der Waals surface area contributed by atoms with Crippen molar-refractivity contribution in [2.75, 3.05) is 0 Å². The summed E-state index contributed by atoms with van der Waals surface area (Å²) in [6.07, 6.45) is 0. The molecule has 0 fully saturated rings. The molecule has 0 radical (unpaired) electrons. The number of aromatic nitrogens is 4. The summed E-state index contributed by atoms with van der Waals surface area (Å²) in [6, 6.07) is 15.8. The Morgan fingerprint density at radius 2 is 1.93 bits per heavy atom. The van der Waals surface area contributed by atoms with Crippen LogP contribution in [0.1, 0.15) is 5.56 Å². The fraction of sp³-hybridized carbons (Fsp3) is 0.0476. The lowest BCUT2D eigenvalue weighted by Crippen LogP contribution is -2.35. The Hall–Kier alpha value is -3.49. The fourth-order valence-electron chi connectivity index (χ4n) is 3.15. The van der Waals surface area contributed by atoms with Crippen molar-refractivity contribution in [1.29, 1.82) is 0 Å². The molecule has 0 bridgehead atoms.